The number of anilines is 2. The van der Waals surface area contributed by atoms with Gasteiger partial charge in [0.25, 0.3) is 5.92 Å². The normalized spacial score (nSPS) is 11.5. The topological polar surface area (TPSA) is 67.0 Å². The second-order valence-corrected chi connectivity index (χ2v) is 8.68. The summed E-state index contributed by atoms with van der Waals surface area (Å²) in [6.07, 6.45) is 8.26. The fourth-order valence-electron chi connectivity index (χ4n) is 3.30. The number of hydrogen-bond donors (Lipinski definition) is 2. The van der Waals surface area contributed by atoms with Crippen molar-refractivity contribution in [2.75, 3.05) is 11.9 Å². The summed E-state index contributed by atoms with van der Waals surface area (Å²) >= 11 is 1.35. The number of alkyl halides is 2. The van der Waals surface area contributed by atoms with Crippen molar-refractivity contribution in [1.82, 2.24) is 9.97 Å². The summed E-state index contributed by atoms with van der Waals surface area (Å²) in [5, 5.41) is 5.49. The first kappa shape index (κ1) is 23.9. The first-order valence-electron chi connectivity index (χ1n) is 10.9. The first-order chi connectivity index (χ1) is 15.4. The Morgan fingerprint density at radius 2 is 1.91 bits per heavy atom. The van der Waals surface area contributed by atoms with Crippen molar-refractivity contribution in [3.63, 3.8) is 0 Å². The first-order valence-corrected chi connectivity index (χ1v) is 11.8. The number of thiazole rings is 1. The van der Waals surface area contributed by atoms with E-state index in [4.69, 9.17) is 4.74 Å². The zero-order valence-electron chi connectivity index (χ0n) is 18.4. The quantitative estimate of drug-likeness (QED) is 0.283. The third-order valence-corrected chi connectivity index (χ3v) is 5.80. The molecule has 0 bridgehead atoms. The minimum atomic E-state index is -3.03. The maximum Gasteiger partial charge on any atom is 0.274 e. The Labute approximate surface area is 190 Å². The van der Waals surface area contributed by atoms with Gasteiger partial charge in [-0.25, -0.2) is 13.8 Å². The molecule has 2 heterocycles. The van der Waals surface area contributed by atoms with E-state index in [1.54, 1.807) is 24.4 Å². The molecule has 2 aromatic heterocycles. The van der Waals surface area contributed by atoms with Crippen LogP contribution in [0.5, 0.6) is 5.75 Å². The van der Waals surface area contributed by atoms with Crippen LogP contribution in [-0.2, 0) is 5.92 Å². The van der Waals surface area contributed by atoms with Crippen LogP contribution in [0.15, 0.2) is 46.7 Å². The monoisotopic (exact) mass is 461 g/mol. The molecule has 2 N–H and O–H groups in total. The van der Waals surface area contributed by atoms with Gasteiger partial charge in [-0.05, 0) is 30.7 Å². The van der Waals surface area contributed by atoms with Gasteiger partial charge < -0.3 is 15.0 Å². The minimum absolute atomic E-state index is 0.147. The number of nitrogens with zero attached hydrogens (tertiary/aromatic N) is 1. The van der Waals surface area contributed by atoms with Gasteiger partial charge in [0.15, 0.2) is 5.13 Å². The third kappa shape index (κ3) is 6.88. The lowest BCUT2D eigenvalue weighted by molar-refractivity contribution is 0.0145. The van der Waals surface area contributed by atoms with E-state index in [2.05, 4.69) is 22.2 Å². The molecule has 5 nitrogen and oxygen atoms in total. The Morgan fingerprint density at radius 3 is 2.62 bits per heavy atom. The average molecular weight is 462 g/mol. The molecule has 0 radical (unpaired) electrons. The molecule has 0 aliphatic rings. The molecule has 8 heteroatoms. The van der Waals surface area contributed by atoms with E-state index in [1.807, 2.05) is 5.38 Å². The lowest BCUT2D eigenvalue weighted by Crippen LogP contribution is -2.11. The molecule has 0 fully saturated rings. The maximum absolute atomic E-state index is 14.3. The molecular weight excluding hydrogens is 432 g/mol. The molecule has 0 atom stereocenters. The second kappa shape index (κ2) is 11.2. The lowest BCUT2D eigenvalue weighted by Gasteiger charge is -2.18. The van der Waals surface area contributed by atoms with Crippen LogP contribution in [0.2, 0.25) is 0 Å². The van der Waals surface area contributed by atoms with Gasteiger partial charge in [0.2, 0.25) is 5.56 Å². The summed E-state index contributed by atoms with van der Waals surface area (Å²) < 4.78 is 34.2. The highest BCUT2D eigenvalue weighted by Crippen LogP contribution is 2.37. The molecule has 32 heavy (non-hydrogen) atoms. The van der Waals surface area contributed by atoms with E-state index in [1.165, 1.54) is 42.7 Å². The van der Waals surface area contributed by atoms with Crippen LogP contribution in [0.3, 0.4) is 0 Å². The predicted octanol–water partition coefficient (Wildman–Crippen LogP) is 7.09. The summed E-state index contributed by atoms with van der Waals surface area (Å²) in [5.74, 6) is -2.82. The average Bonchev–Trinajstić information content (AvgIpc) is 3.22. The highest BCUT2D eigenvalue weighted by molar-refractivity contribution is 7.14. The molecule has 1 aromatic carbocycles. The molecule has 172 valence electrons. The van der Waals surface area contributed by atoms with E-state index in [0.717, 1.165) is 31.7 Å². The van der Waals surface area contributed by atoms with Crippen molar-refractivity contribution < 1.29 is 13.5 Å². The minimum Gasteiger partial charge on any atom is -0.493 e. The van der Waals surface area contributed by atoms with Crippen molar-refractivity contribution in [1.29, 1.82) is 0 Å². The fraction of sp³-hybridized carbons (Fsp3) is 0.417. The highest BCUT2D eigenvalue weighted by atomic mass is 32.1. The summed E-state index contributed by atoms with van der Waals surface area (Å²) in [5.41, 5.74) is 1.64. The summed E-state index contributed by atoms with van der Waals surface area (Å²) in [6, 6.07) is 7.83. The SMILES string of the molecule is CCCCCCCCOc1ccc(Nc2nc(-c3ccc(=O)[nH]c3)cs2)cc1C(C)(F)F. The number of aromatic nitrogens is 2. The number of pyridine rings is 1. The number of rotatable bonds is 12. The Morgan fingerprint density at radius 1 is 1.12 bits per heavy atom. The number of ether oxygens (including phenoxy) is 1. The van der Waals surface area contributed by atoms with Crippen molar-refractivity contribution in [3.8, 4) is 17.0 Å². The summed E-state index contributed by atoms with van der Waals surface area (Å²) in [4.78, 5) is 18.3. The van der Waals surface area contributed by atoms with E-state index >= 15 is 0 Å². The van der Waals surface area contributed by atoms with Crippen LogP contribution >= 0.6 is 11.3 Å². The largest absolute Gasteiger partial charge is 0.493 e. The number of benzene rings is 1. The van der Waals surface area contributed by atoms with Gasteiger partial charge in [-0.3, -0.25) is 4.79 Å². The van der Waals surface area contributed by atoms with Gasteiger partial charge in [0.1, 0.15) is 5.75 Å². The molecule has 3 aromatic rings. The van der Waals surface area contributed by atoms with Crippen molar-refractivity contribution >= 4 is 22.2 Å². The number of aromatic amines is 1. The van der Waals surface area contributed by atoms with Gasteiger partial charge in [0.05, 0.1) is 17.9 Å². The highest BCUT2D eigenvalue weighted by Gasteiger charge is 2.29. The van der Waals surface area contributed by atoms with Crippen LogP contribution in [-0.4, -0.2) is 16.6 Å². The molecule has 0 spiro atoms. The van der Waals surface area contributed by atoms with Crippen LogP contribution in [0.4, 0.5) is 19.6 Å². The smallest absolute Gasteiger partial charge is 0.274 e. The predicted molar refractivity (Wildman–Crippen MR) is 126 cm³/mol. The van der Waals surface area contributed by atoms with Gasteiger partial charge in [-0.1, -0.05) is 39.0 Å². The fourth-order valence-corrected chi connectivity index (χ4v) is 4.04. The molecule has 0 amide bonds. The van der Waals surface area contributed by atoms with Crippen LogP contribution in [0.25, 0.3) is 11.3 Å². The third-order valence-electron chi connectivity index (χ3n) is 5.04. The Balaban J connectivity index is 1.65. The molecule has 0 saturated carbocycles. The molecule has 0 aliphatic carbocycles. The molecule has 0 unspecified atom stereocenters. The lowest BCUT2D eigenvalue weighted by atomic mass is 10.1. The zero-order chi connectivity index (χ0) is 23.0. The van der Waals surface area contributed by atoms with Gasteiger partial charge >= 0.3 is 0 Å². The zero-order valence-corrected chi connectivity index (χ0v) is 19.2. The number of nitrogens with one attached hydrogen (secondary N) is 2. The molecular formula is C24H29F2N3O2S. The van der Waals surface area contributed by atoms with Crippen LogP contribution in [0, 0.1) is 0 Å². The number of hydrogen-bond acceptors (Lipinski definition) is 5. The van der Waals surface area contributed by atoms with Crippen molar-refractivity contribution in [2.24, 2.45) is 0 Å². The summed E-state index contributed by atoms with van der Waals surface area (Å²) in [6.45, 7) is 3.48. The molecule has 3 rings (SSSR count). The van der Waals surface area contributed by atoms with Crippen molar-refractivity contribution in [3.05, 3.63) is 57.8 Å². The van der Waals surface area contributed by atoms with Crippen LogP contribution in [0.1, 0.15) is 57.9 Å². The number of halogens is 2. The Bertz CT molecular complexity index is 1040. The van der Waals surface area contributed by atoms with E-state index < -0.39 is 5.92 Å². The van der Waals surface area contributed by atoms with E-state index in [-0.39, 0.29) is 16.9 Å². The Kier molecular flexibility index (Phi) is 8.39. The molecule has 0 saturated heterocycles. The second-order valence-electron chi connectivity index (χ2n) is 7.82. The van der Waals surface area contributed by atoms with E-state index in [9.17, 15) is 13.6 Å². The molecule has 0 aliphatic heterocycles. The summed E-state index contributed by atoms with van der Waals surface area (Å²) in [7, 11) is 0. The van der Waals surface area contributed by atoms with Crippen molar-refractivity contribution in [2.45, 2.75) is 58.3 Å². The van der Waals surface area contributed by atoms with E-state index in [0.29, 0.717) is 23.1 Å². The number of unbranched alkanes of at least 4 members (excludes halogenated alkanes) is 5. The number of H-pyrrole nitrogens is 1. The van der Waals surface area contributed by atoms with Crippen LogP contribution < -0.4 is 15.6 Å². The van der Waals surface area contributed by atoms with Gasteiger partial charge in [-0.15, -0.1) is 11.3 Å². The standard InChI is InChI=1S/C24H29F2N3O2S/c1-3-4-5-6-7-8-13-31-21-11-10-18(14-19(21)24(2,25)26)28-23-29-20(16-32-23)17-9-12-22(30)27-15-17/h9-12,14-16H,3-8,13H2,1-2H3,(H,27,30)(H,28,29). The maximum atomic E-state index is 14.3. The van der Waals surface area contributed by atoms with Gasteiger partial charge in [0, 0.05) is 35.8 Å². The van der Waals surface area contributed by atoms with Gasteiger partial charge in [-0.2, -0.15) is 0 Å². The Hall–Kier alpha value is -2.74.